The maximum atomic E-state index is 7.19. The number of fused-ring (bicyclic) bond motifs is 18. The van der Waals surface area contributed by atoms with Crippen LogP contribution in [0.3, 0.4) is 0 Å². The first-order chi connectivity index (χ1) is 30.0. The second-order valence-corrected chi connectivity index (χ2v) is 21.8. The van der Waals surface area contributed by atoms with Gasteiger partial charge in [0.15, 0.2) is 5.58 Å². The zero-order valence-electron chi connectivity index (χ0n) is 35.5. The van der Waals surface area contributed by atoms with Gasteiger partial charge in [-0.2, -0.15) is 0 Å². The number of hydrogen-bond acceptors (Lipinski definition) is 4. The van der Waals surface area contributed by atoms with Gasteiger partial charge in [0.25, 0.3) is 0 Å². The number of benzene rings is 8. The van der Waals surface area contributed by atoms with Crippen molar-refractivity contribution in [2.45, 2.75) is 52.4 Å². The SMILES string of the molecule is CC(C)(C)c1ccc2c(c1)c1cc(C(C)(C)C)cc3c1n2-c1c2c(cc4c1oc1ccccc14)-c1c(ccc4sc5ccccc5c14)N(c1cccc4sc5ccccc5c14)B23. The first-order valence-corrected chi connectivity index (χ1v) is 23.4. The molecule has 6 heteroatoms. The Morgan fingerprint density at radius 1 is 0.516 bits per heavy atom. The van der Waals surface area contributed by atoms with Crippen LogP contribution in [0.25, 0.3) is 101 Å². The molecule has 0 spiro atoms. The summed E-state index contributed by atoms with van der Waals surface area (Å²) in [7, 11) is 0. The highest BCUT2D eigenvalue weighted by molar-refractivity contribution is 7.26. The lowest BCUT2D eigenvalue weighted by atomic mass is 9.43. The molecule has 0 atom stereocenters. The average molecular weight is 833 g/mol. The summed E-state index contributed by atoms with van der Waals surface area (Å²) in [5.74, 6) is 0. The summed E-state index contributed by atoms with van der Waals surface area (Å²) in [5, 5.41) is 10.2. The van der Waals surface area contributed by atoms with Gasteiger partial charge in [-0.3, -0.25) is 0 Å². The van der Waals surface area contributed by atoms with Crippen LogP contribution in [0.5, 0.6) is 0 Å². The minimum absolute atomic E-state index is 0.00902. The highest BCUT2D eigenvalue weighted by Crippen LogP contribution is 2.54. The van der Waals surface area contributed by atoms with Crippen LogP contribution in [0.15, 0.2) is 144 Å². The van der Waals surface area contributed by atoms with Crippen LogP contribution in [-0.4, -0.2) is 11.4 Å². The van der Waals surface area contributed by atoms with Crippen LogP contribution < -0.4 is 15.7 Å². The molecule has 2 aliphatic rings. The molecule has 0 aliphatic carbocycles. The topological polar surface area (TPSA) is 21.3 Å². The van der Waals surface area contributed by atoms with Crippen LogP contribution >= 0.6 is 22.7 Å². The summed E-state index contributed by atoms with van der Waals surface area (Å²) in [6.45, 7) is 13.9. The van der Waals surface area contributed by atoms with Crippen LogP contribution in [0.4, 0.5) is 11.4 Å². The van der Waals surface area contributed by atoms with Crippen LogP contribution in [0, 0.1) is 0 Å². The fourth-order valence-electron chi connectivity index (χ4n) is 11.1. The molecular formula is C56H41BN2OS2. The largest absolute Gasteiger partial charge is 0.454 e. The second kappa shape index (κ2) is 11.8. The molecule has 0 saturated carbocycles. The van der Waals surface area contributed by atoms with Gasteiger partial charge in [-0.05, 0) is 105 Å². The predicted molar refractivity (Wildman–Crippen MR) is 270 cm³/mol. The molecule has 0 amide bonds. The highest BCUT2D eigenvalue weighted by Gasteiger charge is 2.47. The number of nitrogens with zero attached hydrogens (tertiary/aromatic N) is 2. The summed E-state index contributed by atoms with van der Waals surface area (Å²) in [4.78, 5) is 2.74. The number of furan rings is 1. The fraction of sp³-hybridized carbons (Fsp3) is 0.143. The summed E-state index contributed by atoms with van der Waals surface area (Å²) >= 11 is 3.79. The van der Waals surface area contributed by atoms with Crippen LogP contribution in [0.2, 0.25) is 0 Å². The molecule has 0 fully saturated rings. The zero-order chi connectivity index (χ0) is 41.6. The van der Waals surface area contributed by atoms with E-state index in [1.807, 2.05) is 22.7 Å². The monoisotopic (exact) mass is 832 g/mol. The molecule has 2 aliphatic heterocycles. The zero-order valence-corrected chi connectivity index (χ0v) is 37.1. The molecule has 4 aromatic heterocycles. The van der Waals surface area contributed by atoms with Gasteiger partial charge in [0.05, 0.1) is 16.7 Å². The Labute approximate surface area is 367 Å². The lowest BCUT2D eigenvalue weighted by molar-refractivity contribution is 0.590. The van der Waals surface area contributed by atoms with E-state index >= 15 is 0 Å². The molecule has 0 saturated heterocycles. The maximum absolute atomic E-state index is 7.19. The van der Waals surface area contributed by atoms with Gasteiger partial charge in [0.1, 0.15) is 5.58 Å². The van der Waals surface area contributed by atoms with Crippen LogP contribution in [-0.2, 0) is 10.8 Å². The molecule has 0 radical (unpaired) electrons. The van der Waals surface area contributed by atoms with Crippen molar-refractivity contribution < 1.29 is 4.42 Å². The van der Waals surface area contributed by atoms with E-state index < -0.39 is 0 Å². The van der Waals surface area contributed by atoms with Gasteiger partial charge in [-0.25, -0.2) is 0 Å². The Bertz CT molecular complexity index is 3980. The Balaban J connectivity index is 1.26. The van der Waals surface area contributed by atoms with E-state index in [2.05, 4.69) is 190 Å². The van der Waals surface area contributed by atoms with Crippen molar-refractivity contribution in [1.82, 2.24) is 4.57 Å². The smallest absolute Gasteiger partial charge is 0.333 e. The van der Waals surface area contributed by atoms with Crippen molar-refractivity contribution in [3.63, 3.8) is 0 Å². The van der Waals surface area contributed by atoms with Gasteiger partial charge in [-0.1, -0.05) is 114 Å². The number of aromatic nitrogens is 1. The van der Waals surface area contributed by atoms with Gasteiger partial charge in [0.2, 0.25) is 0 Å². The predicted octanol–water partition coefficient (Wildman–Crippen LogP) is 15.3. The number of rotatable bonds is 1. The summed E-state index contributed by atoms with van der Waals surface area (Å²) < 4.78 is 15.0. The molecule has 0 unspecified atom stereocenters. The molecule has 6 heterocycles. The first-order valence-electron chi connectivity index (χ1n) is 21.8. The fourth-order valence-corrected chi connectivity index (χ4v) is 13.4. The quantitative estimate of drug-likeness (QED) is 0.154. The van der Waals surface area contributed by atoms with Crippen molar-refractivity contribution in [3.8, 4) is 16.8 Å². The van der Waals surface area contributed by atoms with E-state index in [-0.39, 0.29) is 17.7 Å². The van der Waals surface area contributed by atoms with Gasteiger partial charge in [-0.15, -0.1) is 22.7 Å². The average Bonchev–Trinajstić information content (AvgIpc) is 4.03. The second-order valence-electron chi connectivity index (χ2n) is 19.6. The maximum Gasteiger partial charge on any atom is 0.333 e. The highest BCUT2D eigenvalue weighted by atomic mass is 32.1. The number of anilines is 2. The molecule has 296 valence electrons. The Kier molecular flexibility index (Phi) is 6.70. The van der Waals surface area contributed by atoms with Gasteiger partial charge < -0.3 is 13.8 Å². The molecular weight excluding hydrogens is 792 g/mol. The molecule has 0 N–H and O–H groups in total. The number of para-hydroxylation sites is 1. The number of thiophene rings is 2. The van der Waals surface area contributed by atoms with E-state index in [1.54, 1.807) is 0 Å². The van der Waals surface area contributed by atoms with Crippen molar-refractivity contribution >= 4 is 136 Å². The minimum Gasteiger partial charge on any atom is -0.454 e. The number of hydrogen-bond donors (Lipinski definition) is 0. The third-order valence-corrected chi connectivity index (χ3v) is 16.3. The van der Waals surface area contributed by atoms with Crippen molar-refractivity contribution in [3.05, 3.63) is 151 Å². The lowest BCUT2D eigenvalue weighted by Crippen LogP contribution is -2.61. The van der Waals surface area contributed by atoms with E-state index in [0.29, 0.717) is 0 Å². The van der Waals surface area contributed by atoms with Gasteiger partial charge in [0, 0.05) is 78.8 Å². The molecule has 3 nitrogen and oxygen atoms in total. The molecule has 12 aromatic rings. The molecule has 0 bridgehead atoms. The normalized spacial score (nSPS) is 13.9. The van der Waals surface area contributed by atoms with Crippen LogP contribution in [0.1, 0.15) is 52.7 Å². The standard InChI is InChI=1S/C56H41BN2OS2/c1-55(2,3)30-22-23-40-35(26-30)36-27-31(56(4,5)6)28-39-52(36)58(40)53-51-38(29-37-32-14-7-10-18-43(32)60-54(37)53)49-42(24-25-47-50(49)34-16-9-12-20-45(34)62-47)59(57(39)51)41-17-13-21-46-48(41)33-15-8-11-19-44(33)61-46/h7-29H,1-6H3. The molecule has 8 aromatic carbocycles. The Morgan fingerprint density at radius 3 is 1.94 bits per heavy atom. The van der Waals surface area contributed by atoms with E-state index in [4.69, 9.17) is 4.42 Å². The molecule has 14 rings (SSSR count). The lowest BCUT2D eigenvalue weighted by Gasteiger charge is -2.43. The summed E-state index contributed by atoms with van der Waals surface area (Å²) in [6.07, 6.45) is 0. The third-order valence-electron chi connectivity index (χ3n) is 14.0. The van der Waals surface area contributed by atoms with E-state index in [9.17, 15) is 0 Å². The Hall–Kier alpha value is -6.34. The van der Waals surface area contributed by atoms with Gasteiger partial charge >= 0.3 is 6.85 Å². The minimum atomic E-state index is -0.152. The third kappa shape index (κ3) is 4.46. The summed E-state index contributed by atoms with van der Waals surface area (Å²) in [6, 6.07) is 53.2. The van der Waals surface area contributed by atoms with E-state index in [1.165, 1.54) is 107 Å². The first kappa shape index (κ1) is 35.3. The van der Waals surface area contributed by atoms with E-state index in [0.717, 1.165) is 27.6 Å². The van der Waals surface area contributed by atoms with Crippen molar-refractivity contribution in [1.29, 1.82) is 0 Å². The van der Waals surface area contributed by atoms with Crippen molar-refractivity contribution in [2.24, 2.45) is 0 Å². The Morgan fingerprint density at radius 2 is 1.18 bits per heavy atom. The molecule has 62 heavy (non-hydrogen) atoms. The van der Waals surface area contributed by atoms with Crippen molar-refractivity contribution in [2.75, 3.05) is 4.81 Å². The summed E-state index contributed by atoms with van der Waals surface area (Å²) in [5.41, 5.74) is 15.8.